The molecule has 2 unspecified atom stereocenters. The van der Waals surface area contributed by atoms with Gasteiger partial charge in [-0.05, 0) is 40.6 Å². The van der Waals surface area contributed by atoms with Gasteiger partial charge in [-0.1, -0.05) is 65.3 Å². The minimum absolute atomic E-state index is 0.0714. The van der Waals surface area contributed by atoms with Crippen molar-refractivity contribution in [2.24, 2.45) is 5.73 Å². The first-order valence-electron chi connectivity index (χ1n) is 8.34. The van der Waals surface area contributed by atoms with Gasteiger partial charge in [0, 0.05) is 10.4 Å². The van der Waals surface area contributed by atoms with Crippen molar-refractivity contribution >= 4 is 42.6 Å². The van der Waals surface area contributed by atoms with E-state index in [1.54, 1.807) is 19.1 Å². The molecule has 0 aliphatic rings. The van der Waals surface area contributed by atoms with Gasteiger partial charge in [-0.25, -0.2) is 8.42 Å². The van der Waals surface area contributed by atoms with Crippen LogP contribution in [0.4, 0.5) is 0 Å². The SMILES string of the molecule is CC(c1cccc2ccccc12)C(NS(=O)(=O)c1ccc(Br)cc1)C(N)=O. The Morgan fingerprint density at radius 1 is 1.00 bits per heavy atom. The summed E-state index contributed by atoms with van der Waals surface area (Å²) in [5.74, 6) is -1.17. The number of hydrogen-bond acceptors (Lipinski definition) is 3. The fraction of sp³-hybridized carbons (Fsp3) is 0.150. The van der Waals surface area contributed by atoms with Gasteiger partial charge in [-0.3, -0.25) is 4.79 Å². The highest BCUT2D eigenvalue weighted by atomic mass is 79.9. The molecular formula is C20H19BrN2O3S. The van der Waals surface area contributed by atoms with Crippen molar-refractivity contribution in [3.63, 3.8) is 0 Å². The molecule has 0 bridgehead atoms. The second-order valence-corrected chi connectivity index (χ2v) is 8.94. The first-order chi connectivity index (χ1) is 12.8. The number of benzene rings is 3. The minimum atomic E-state index is -3.90. The Hall–Kier alpha value is -2.22. The van der Waals surface area contributed by atoms with E-state index in [4.69, 9.17) is 5.73 Å². The molecule has 2 atom stereocenters. The number of rotatable bonds is 6. The van der Waals surface area contributed by atoms with Gasteiger partial charge in [0.1, 0.15) is 6.04 Å². The fourth-order valence-electron chi connectivity index (χ4n) is 3.08. The highest BCUT2D eigenvalue weighted by Crippen LogP contribution is 2.28. The molecule has 3 N–H and O–H groups in total. The maximum absolute atomic E-state index is 12.7. The molecule has 3 aromatic carbocycles. The number of hydrogen-bond donors (Lipinski definition) is 2. The number of halogens is 1. The Balaban J connectivity index is 1.98. The molecule has 7 heteroatoms. The summed E-state index contributed by atoms with van der Waals surface area (Å²) < 4.78 is 28.7. The van der Waals surface area contributed by atoms with Gasteiger partial charge < -0.3 is 5.73 Å². The van der Waals surface area contributed by atoms with Crippen LogP contribution < -0.4 is 10.5 Å². The second-order valence-electron chi connectivity index (χ2n) is 6.31. The molecule has 0 heterocycles. The summed E-state index contributed by atoms with van der Waals surface area (Å²) in [6, 6.07) is 18.6. The van der Waals surface area contributed by atoms with Gasteiger partial charge in [0.2, 0.25) is 15.9 Å². The zero-order valence-corrected chi connectivity index (χ0v) is 17.0. The first kappa shape index (κ1) is 19.5. The molecule has 0 spiro atoms. The average Bonchev–Trinajstić information content (AvgIpc) is 2.65. The Labute approximate surface area is 166 Å². The molecule has 5 nitrogen and oxygen atoms in total. The van der Waals surface area contributed by atoms with Crippen LogP contribution in [0.3, 0.4) is 0 Å². The molecule has 27 heavy (non-hydrogen) atoms. The first-order valence-corrected chi connectivity index (χ1v) is 10.6. The third kappa shape index (κ3) is 4.21. The van der Waals surface area contributed by atoms with Crippen LogP contribution in [-0.4, -0.2) is 20.4 Å². The quantitative estimate of drug-likeness (QED) is 0.606. The van der Waals surface area contributed by atoms with E-state index in [1.807, 2.05) is 42.5 Å². The van der Waals surface area contributed by atoms with Gasteiger partial charge in [-0.15, -0.1) is 0 Å². The molecule has 0 fully saturated rings. The Kier molecular flexibility index (Phi) is 5.64. The normalized spacial score (nSPS) is 14.0. The average molecular weight is 447 g/mol. The van der Waals surface area contributed by atoms with E-state index in [9.17, 15) is 13.2 Å². The number of carbonyl (C=O) groups excluding carboxylic acids is 1. The van der Waals surface area contributed by atoms with E-state index < -0.39 is 27.9 Å². The van der Waals surface area contributed by atoms with Crippen LogP contribution in [0.5, 0.6) is 0 Å². The summed E-state index contributed by atoms with van der Waals surface area (Å²) in [6.45, 7) is 1.79. The number of primary amides is 1. The van der Waals surface area contributed by atoms with Crippen molar-refractivity contribution in [3.05, 3.63) is 76.8 Å². The Morgan fingerprint density at radius 2 is 1.63 bits per heavy atom. The van der Waals surface area contributed by atoms with E-state index in [2.05, 4.69) is 20.7 Å². The number of amides is 1. The van der Waals surface area contributed by atoms with Gasteiger partial charge in [0.15, 0.2) is 0 Å². The van der Waals surface area contributed by atoms with Crippen LogP contribution >= 0.6 is 15.9 Å². The fourth-order valence-corrected chi connectivity index (χ4v) is 4.63. The zero-order valence-electron chi connectivity index (χ0n) is 14.6. The summed E-state index contributed by atoms with van der Waals surface area (Å²) in [6.07, 6.45) is 0. The van der Waals surface area contributed by atoms with E-state index in [1.165, 1.54) is 12.1 Å². The standard InChI is InChI=1S/C20H19BrN2O3S/c1-13(17-8-4-6-14-5-2-3-7-18(14)17)19(20(22)24)23-27(25,26)16-11-9-15(21)10-12-16/h2-13,19,23H,1H3,(H2,22,24). The monoisotopic (exact) mass is 446 g/mol. The zero-order chi connectivity index (χ0) is 19.6. The Bertz CT molecular complexity index is 1080. The molecule has 0 saturated heterocycles. The minimum Gasteiger partial charge on any atom is -0.368 e. The van der Waals surface area contributed by atoms with Crippen molar-refractivity contribution in [2.45, 2.75) is 23.8 Å². The predicted molar refractivity (Wildman–Crippen MR) is 110 cm³/mol. The lowest BCUT2D eigenvalue weighted by Gasteiger charge is -2.24. The predicted octanol–water partition coefficient (Wildman–Crippen LogP) is 3.54. The van der Waals surface area contributed by atoms with E-state index in [0.717, 1.165) is 20.8 Å². The molecular weight excluding hydrogens is 428 g/mol. The third-order valence-corrected chi connectivity index (χ3v) is 6.51. The molecule has 0 aromatic heterocycles. The van der Waals surface area contributed by atoms with Crippen LogP contribution in [0, 0.1) is 0 Å². The van der Waals surface area contributed by atoms with Crippen LogP contribution in [0.15, 0.2) is 76.1 Å². The summed E-state index contributed by atoms with van der Waals surface area (Å²) in [5.41, 5.74) is 6.41. The van der Waals surface area contributed by atoms with Crippen LogP contribution in [0.2, 0.25) is 0 Å². The van der Waals surface area contributed by atoms with Crippen molar-refractivity contribution in [1.29, 1.82) is 0 Å². The van der Waals surface area contributed by atoms with Gasteiger partial charge in [-0.2, -0.15) is 4.72 Å². The highest BCUT2D eigenvalue weighted by molar-refractivity contribution is 9.10. The number of sulfonamides is 1. The van der Waals surface area contributed by atoms with Crippen LogP contribution in [0.25, 0.3) is 10.8 Å². The molecule has 0 saturated carbocycles. The summed E-state index contributed by atoms with van der Waals surface area (Å²) in [5, 5.41) is 1.97. The largest absolute Gasteiger partial charge is 0.368 e. The summed E-state index contributed by atoms with van der Waals surface area (Å²) in [4.78, 5) is 12.2. The van der Waals surface area contributed by atoms with E-state index in [0.29, 0.717) is 0 Å². The molecule has 140 valence electrons. The molecule has 0 aliphatic heterocycles. The number of nitrogens with one attached hydrogen (secondary N) is 1. The summed E-state index contributed by atoms with van der Waals surface area (Å²) >= 11 is 3.27. The molecule has 0 radical (unpaired) electrons. The summed E-state index contributed by atoms with van der Waals surface area (Å²) in [7, 11) is -3.90. The van der Waals surface area contributed by atoms with Crippen molar-refractivity contribution in [3.8, 4) is 0 Å². The maximum atomic E-state index is 12.7. The van der Waals surface area contributed by atoms with E-state index >= 15 is 0 Å². The second kappa shape index (κ2) is 7.80. The van der Waals surface area contributed by atoms with Crippen molar-refractivity contribution in [2.75, 3.05) is 0 Å². The number of nitrogens with two attached hydrogens (primary N) is 1. The van der Waals surface area contributed by atoms with E-state index in [-0.39, 0.29) is 4.90 Å². The lowest BCUT2D eigenvalue weighted by Crippen LogP contribution is -2.47. The molecule has 3 aromatic rings. The number of fused-ring (bicyclic) bond motifs is 1. The maximum Gasteiger partial charge on any atom is 0.241 e. The highest BCUT2D eigenvalue weighted by Gasteiger charge is 2.30. The third-order valence-electron chi connectivity index (χ3n) is 4.53. The topological polar surface area (TPSA) is 89.3 Å². The Morgan fingerprint density at radius 3 is 2.30 bits per heavy atom. The van der Waals surface area contributed by atoms with Crippen molar-refractivity contribution < 1.29 is 13.2 Å². The molecule has 3 rings (SSSR count). The lowest BCUT2D eigenvalue weighted by molar-refractivity contribution is -0.120. The van der Waals surface area contributed by atoms with Gasteiger partial charge >= 0.3 is 0 Å². The van der Waals surface area contributed by atoms with Crippen molar-refractivity contribution in [1.82, 2.24) is 4.72 Å². The molecule has 0 aliphatic carbocycles. The van der Waals surface area contributed by atoms with Crippen LogP contribution in [0.1, 0.15) is 18.4 Å². The molecule has 1 amide bonds. The smallest absolute Gasteiger partial charge is 0.241 e. The van der Waals surface area contributed by atoms with Crippen LogP contribution in [-0.2, 0) is 14.8 Å². The van der Waals surface area contributed by atoms with Gasteiger partial charge in [0.05, 0.1) is 4.90 Å². The lowest BCUT2D eigenvalue weighted by atomic mass is 9.89. The van der Waals surface area contributed by atoms with Gasteiger partial charge in [0.25, 0.3) is 0 Å². The number of carbonyl (C=O) groups is 1.